The maximum Gasteiger partial charge on any atom is 0.318 e. The van der Waals surface area contributed by atoms with E-state index >= 15 is 0 Å². The summed E-state index contributed by atoms with van der Waals surface area (Å²) in [5.41, 5.74) is 0. The number of hydrogen-bond acceptors (Lipinski definition) is 3. The van der Waals surface area contributed by atoms with Gasteiger partial charge in [-0.05, 0) is 40.5 Å². The first-order valence-electron chi connectivity index (χ1n) is 5.46. The molecule has 0 unspecified atom stereocenters. The Morgan fingerprint density at radius 3 is 2.58 bits per heavy atom. The molecule has 0 heterocycles. The molecule has 1 aromatic rings. The number of benzene rings is 1. The molecule has 1 aromatic carbocycles. The Morgan fingerprint density at radius 2 is 2.11 bits per heavy atom. The fraction of sp³-hybridized carbons (Fsp3) is 0.364. The maximum atomic E-state index is 12.3. The lowest BCUT2D eigenvalue weighted by atomic mass is 10.4. The van der Waals surface area contributed by atoms with Crippen LogP contribution in [0.5, 0.6) is 0 Å². The highest BCUT2D eigenvalue weighted by atomic mass is 79.9. The van der Waals surface area contributed by atoms with E-state index in [2.05, 4.69) is 15.9 Å². The van der Waals surface area contributed by atoms with Crippen LogP contribution in [0.15, 0.2) is 27.6 Å². The van der Waals surface area contributed by atoms with E-state index in [-0.39, 0.29) is 16.5 Å². The molecule has 0 fully saturated rings. The summed E-state index contributed by atoms with van der Waals surface area (Å²) in [4.78, 5) is 10.7. The van der Waals surface area contributed by atoms with Gasteiger partial charge in [-0.3, -0.25) is 4.79 Å². The van der Waals surface area contributed by atoms with E-state index in [9.17, 15) is 13.2 Å². The average molecular weight is 371 g/mol. The second-order valence-electron chi connectivity index (χ2n) is 3.81. The van der Waals surface area contributed by atoms with E-state index in [4.69, 9.17) is 16.7 Å². The highest BCUT2D eigenvalue weighted by Crippen LogP contribution is 2.26. The minimum Gasteiger partial charge on any atom is -0.480 e. The van der Waals surface area contributed by atoms with Gasteiger partial charge in [-0.1, -0.05) is 18.5 Å². The van der Waals surface area contributed by atoms with Crippen molar-refractivity contribution in [1.29, 1.82) is 0 Å². The van der Waals surface area contributed by atoms with Crippen molar-refractivity contribution in [1.82, 2.24) is 4.31 Å². The topological polar surface area (TPSA) is 74.7 Å². The largest absolute Gasteiger partial charge is 0.480 e. The quantitative estimate of drug-likeness (QED) is 0.835. The van der Waals surface area contributed by atoms with Gasteiger partial charge in [-0.15, -0.1) is 0 Å². The molecule has 8 heteroatoms. The van der Waals surface area contributed by atoms with Crippen molar-refractivity contribution in [3.8, 4) is 0 Å². The van der Waals surface area contributed by atoms with Crippen LogP contribution in [0.25, 0.3) is 0 Å². The molecule has 0 saturated heterocycles. The van der Waals surface area contributed by atoms with E-state index in [0.29, 0.717) is 10.9 Å². The van der Waals surface area contributed by atoms with E-state index in [1.807, 2.05) is 0 Å². The normalized spacial score (nSPS) is 11.8. The lowest BCUT2D eigenvalue weighted by Crippen LogP contribution is -2.36. The van der Waals surface area contributed by atoms with Gasteiger partial charge in [0.1, 0.15) is 6.54 Å². The number of rotatable bonds is 6. The van der Waals surface area contributed by atoms with Gasteiger partial charge in [-0.2, -0.15) is 4.31 Å². The summed E-state index contributed by atoms with van der Waals surface area (Å²) in [5, 5.41) is 9.04. The standard InChI is InChI=1S/C11H13BrClNO4S/c1-2-5-14(7-11(15)16)19(17,18)8-3-4-9(12)10(13)6-8/h3-4,6H,2,5,7H2,1H3,(H,15,16). The van der Waals surface area contributed by atoms with Gasteiger partial charge in [0, 0.05) is 11.0 Å². The average Bonchev–Trinajstić information content (AvgIpc) is 2.31. The highest BCUT2D eigenvalue weighted by molar-refractivity contribution is 9.10. The third-order valence-corrected chi connectivity index (χ3v) is 5.39. The first-order valence-corrected chi connectivity index (χ1v) is 8.07. The van der Waals surface area contributed by atoms with Crippen molar-refractivity contribution in [3.63, 3.8) is 0 Å². The predicted molar refractivity (Wildman–Crippen MR) is 75.8 cm³/mol. The molecule has 1 rings (SSSR count). The fourth-order valence-corrected chi connectivity index (χ4v) is 3.47. The molecule has 19 heavy (non-hydrogen) atoms. The Morgan fingerprint density at radius 1 is 1.47 bits per heavy atom. The number of carbonyl (C=O) groups is 1. The molecule has 0 aliphatic rings. The number of sulfonamides is 1. The van der Waals surface area contributed by atoms with Gasteiger partial charge in [0.25, 0.3) is 0 Å². The molecule has 0 radical (unpaired) electrons. The molecule has 0 amide bonds. The number of carboxylic acids is 1. The number of hydrogen-bond donors (Lipinski definition) is 1. The number of nitrogens with zero attached hydrogens (tertiary/aromatic N) is 1. The van der Waals surface area contributed by atoms with Gasteiger partial charge < -0.3 is 5.11 Å². The smallest absolute Gasteiger partial charge is 0.318 e. The summed E-state index contributed by atoms with van der Waals surface area (Å²) in [5.74, 6) is -1.19. The second kappa shape index (κ2) is 6.69. The first-order chi connectivity index (χ1) is 8.78. The maximum absolute atomic E-state index is 12.3. The van der Waals surface area contributed by atoms with Crippen LogP contribution < -0.4 is 0 Å². The van der Waals surface area contributed by atoms with Crippen LogP contribution in [-0.2, 0) is 14.8 Å². The van der Waals surface area contributed by atoms with E-state index in [1.165, 1.54) is 18.2 Å². The first kappa shape index (κ1) is 16.4. The van der Waals surface area contributed by atoms with Gasteiger partial charge in [0.05, 0.1) is 9.92 Å². The number of carboxylic acid groups (broad SMARTS) is 1. The van der Waals surface area contributed by atoms with E-state index in [0.717, 1.165) is 4.31 Å². The van der Waals surface area contributed by atoms with Crippen molar-refractivity contribution >= 4 is 43.5 Å². The van der Waals surface area contributed by atoms with Crippen molar-refractivity contribution in [3.05, 3.63) is 27.7 Å². The molecule has 1 N–H and O–H groups in total. The molecular weight excluding hydrogens is 358 g/mol. The second-order valence-corrected chi connectivity index (χ2v) is 7.01. The van der Waals surface area contributed by atoms with Gasteiger partial charge in [0.2, 0.25) is 10.0 Å². The Bertz CT molecular complexity index is 576. The SMILES string of the molecule is CCCN(CC(=O)O)S(=O)(=O)c1ccc(Br)c(Cl)c1. The summed E-state index contributed by atoms with van der Waals surface area (Å²) < 4.78 is 26.1. The molecule has 0 saturated carbocycles. The van der Waals surface area contributed by atoms with Crippen molar-refractivity contribution in [2.24, 2.45) is 0 Å². The van der Waals surface area contributed by atoms with E-state index < -0.39 is 22.5 Å². The van der Waals surface area contributed by atoms with Gasteiger partial charge in [0.15, 0.2) is 0 Å². The van der Waals surface area contributed by atoms with Crippen LogP contribution in [0.1, 0.15) is 13.3 Å². The summed E-state index contributed by atoms with van der Waals surface area (Å²) in [6.45, 7) is 1.35. The minimum atomic E-state index is -3.85. The third-order valence-electron chi connectivity index (χ3n) is 2.31. The zero-order valence-electron chi connectivity index (χ0n) is 10.1. The fourth-order valence-electron chi connectivity index (χ4n) is 1.47. The van der Waals surface area contributed by atoms with Crippen LogP contribution in [0.4, 0.5) is 0 Å². The molecule has 0 spiro atoms. The zero-order valence-corrected chi connectivity index (χ0v) is 13.3. The monoisotopic (exact) mass is 369 g/mol. The Labute approximate surface area is 125 Å². The lowest BCUT2D eigenvalue weighted by molar-refractivity contribution is -0.137. The molecule has 0 bridgehead atoms. The third kappa shape index (κ3) is 4.17. The molecule has 0 aliphatic heterocycles. The molecular formula is C11H13BrClNO4S. The summed E-state index contributed by atoms with van der Waals surface area (Å²) >= 11 is 9.03. The highest BCUT2D eigenvalue weighted by Gasteiger charge is 2.26. The van der Waals surface area contributed by atoms with Crippen molar-refractivity contribution < 1.29 is 18.3 Å². The molecule has 0 atom stereocenters. The summed E-state index contributed by atoms with van der Waals surface area (Å²) in [6.07, 6.45) is 0.525. The van der Waals surface area contributed by atoms with Crippen molar-refractivity contribution in [2.45, 2.75) is 18.2 Å². The Hall–Kier alpha value is -0.630. The van der Waals surface area contributed by atoms with Crippen LogP contribution in [0.2, 0.25) is 5.02 Å². The predicted octanol–water partition coefficient (Wildman–Crippen LogP) is 2.59. The van der Waals surface area contributed by atoms with E-state index in [1.54, 1.807) is 6.92 Å². The zero-order chi connectivity index (χ0) is 14.6. The van der Waals surface area contributed by atoms with Gasteiger partial charge in [-0.25, -0.2) is 8.42 Å². The molecule has 5 nitrogen and oxygen atoms in total. The Kier molecular flexibility index (Phi) is 5.79. The van der Waals surface area contributed by atoms with Gasteiger partial charge >= 0.3 is 5.97 Å². The van der Waals surface area contributed by atoms with Crippen LogP contribution in [0, 0.1) is 0 Å². The summed E-state index contributed by atoms with van der Waals surface area (Å²) in [6, 6.07) is 4.20. The minimum absolute atomic E-state index is 0.0181. The number of halogens is 2. The van der Waals surface area contributed by atoms with Crippen LogP contribution in [0.3, 0.4) is 0 Å². The molecule has 106 valence electrons. The Balaban J connectivity index is 3.18. The number of aliphatic carboxylic acids is 1. The molecule has 0 aromatic heterocycles. The van der Waals surface area contributed by atoms with Crippen LogP contribution in [-0.4, -0.2) is 36.9 Å². The summed E-state index contributed by atoms with van der Waals surface area (Å²) in [7, 11) is -3.85. The molecule has 0 aliphatic carbocycles. The van der Waals surface area contributed by atoms with Crippen molar-refractivity contribution in [2.75, 3.05) is 13.1 Å². The van der Waals surface area contributed by atoms with Crippen LogP contribution >= 0.6 is 27.5 Å². The lowest BCUT2D eigenvalue weighted by Gasteiger charge is -2.19.